The number of fused-ring (bicyclic) bond motifs is 1. The van der Waals surface area contributed by atoms with Crippen molar-refractivity contribution in [2.24, 2.45) is 4.99 Å². The van der Waals surface area contributed by atoms with E-state index >= 15 is 0 Å². The number of carbonyl (C=O) groups is 1. The Kier molecular flexibility index (Phi) is 3.65. The summed E-state index contributed by atoms with van der Waals surface area (Å²) in [4.78, 5) is 17.9. The van der Waals surface area contributed by atoms with E-state index in [0.717, 1.165) is 11.3 Å². The Morgan fingerprint density at radius 3 is 2.68 bits per heavy atom. The maximum absolute atomic E-state index is 13.2. The highest BCUT2D eigenvalue weighted by atomic mass is 32.2. The third-order valence-corrected chi connectivity index (χ3v) is 4.63. The lowest BCUT2D eigenvalue weighted by Crippen LogP contribution is -2.38. The SMILES string of the molecule is Cc1ccc(/C=C2/C(=N)N3C(c4ccc(F)cc4)=CSC3=NC2=O)o1. The van der Waals surface area contributed by atoms with Gasteiger partial charge < -0.3 is 4.42 Å². The molecular formula is C18H12FN3O2S. The first-order chi connectivity index (χ1) is 12.0. The molecule has 2 aliphatic heterocycles. The maximum atomic E-state index is 13.2. The number of aryl methyl sites for hydroxylation is 1. The van der Waals surface area contributed by atoms with Crippen LogP contribution in [0.3, 0.4) is 0 Å². The number of nitrogens with one attached hydrogen (secondary N) is 1. The van der Waals surface area contributed by atoms with Gasteiger partial charge in [0.25, 0.3) is 5.91 Å². The first-order valence-corrected chi connectivity index (χ1v) is 8.34. The molecule has 1 aromatic heterocycles. The number of carbonyl (C=O) groups excluding carboxylic acids is 1. The molecule has 0 radical (unpaired) electrons. The minimum Gasteiger partial charge on any atom is -0.462 e. The Balaban J connectivity index is 1.74. The number of halogens is 1. The monoisotopic (exact) mass is 353 g/mol. The zero-order chi connectivity index (χ0) is 17.6. The van der Waals surface area contributed by atoms with Crippen LogP contribution >= 0.6 is 11.8 Å². The van der Waals surface area contributed by atoms with Crippen LogP contribution in [0.2, 0.25) is 0 Å². The molecule has 25 heavy (non-hydrogen) atoms. The van der Waals surface area contributed by atoms with E-state index in [1.54, 1.807) is 41.5 Å². The number of amidine groups is 2. The summed E-state index contributed by atoms with van der Waals surface area (Å²) in [5.74, 6) is 0.413. The van der Waals surface area contributed by atoms with E-state index in [2.05, 4.69) is 4.99 Å². The smallest absolute Gasteiger partial charge is 0.283 e. The van der Waals surface area contributed by atoms with Gasteiger partial charge in [-0.15, -0.1) is 0 Å². The zero-order valence-corrected chi connectivity index (χ0v) is 13.9. The minimum absolute atomic E-state index is 0.0182. The molecule has 0 unspecified atom stereocenters. The largest absolute Gasteiger partial charge is 0.462 e. The Labute approximate surface area is 147 Å². The number of nitrogens with zero attached hydrogens (tertiary/aromatic N) is 2. The molecule has 0 spiro atoms. The van der Waals surface area contributed by atoms with Gasteiger partial charge in [-0.3, -0.25) is 15.1 Å². The number of thioether (sulfide) groups is 1. The summed E-state index contributed by atoms with van der Waals surface area (Å²) in [5.41, 5.74) is 1.57. The summed E-state index contributed by atoms with van der Waals surface area (Å²) >= 11 is 1.26. The van der Waals surface area contributed by atoms with Crippen LogP contribution in [0.25, 0.3) is 11.8 Å². The lowest BCUT2D eigenvalue weighted by atomic mass is 10.1. The average Bonchev–Trinajstić information content (AvgIpc) is 3.18. The summed E-state index contributed by atoms with van der Waals surface area (Å²) in [6.45, 7) is 1.80. The van der Waals surface area contributed by atoms with Gasteiger partial charge in [0.15, 0.2) is 5.17 Å². The highest BCUT2D eigenvalue weighted by Gasteiger charge is 2.36. The van der Waals surface area contributed by atoms with Gasteiger partial charge in [0.05, 0.1) is 11.3 Å². The lowest BCUT2D eigenvalue weighted by Gasteiger charge is -2.26. The van der Waals surface area contributed by atoms with Crippen LogP contribution in [0.15, 0.2) is 56.8 Å². The quantitative estimate of drug-likeness (QED) is 0.828. The Hall–Kier alpha value is -2.93. The molecule has 0 fully saturated rings. The normalized spacial score (nSPS) is 18.5. The fourth-order valence-electron chi connectivity index (χ4n) is 2.60. The van der Waals surface area contributed by atoms with Crippen molar-refractivity contribution >= 4 is 40.4 Å². The molecule has 0 aliphatic carbocycles. The average molecular weight is 353 g/mol. The Morgan fingerprint density at radius 1 is 1.24 bits per heavy atom. The molecule has 5 nitrogen and oxygen atoms in total. The van der Waals surface area contributed by atoms with Crippen molar-refractivity contribution in [2.75, 3.05) is 0 Å². The van der Waals surface area contributed by atoms with Crippen molar-refractivity contribution in [1.82, 2.24) is 4.90 Å². The highest BCUT2D eigenvalue weighted by molar-refractivity contribution is 8.17. The van der Waals surface area contributed by atoms with Gasteiger partial charge >= 0.3 is 0 Å². The first-order valence-electron chi connectivity index (χ1n) is 7.46. The molecule has 0 atom stereocenters. The van der Waals surface area contributed by atoms with Crippen molar-refractivity contribution in [2.45, 2.75) is 6.92 Å². The molecule has 7 heteroatoms. The number of aliphatic imine (C=N–C) groups is 1. The molecule has 2 aromatic rings. The van der Waals surface area contributed by atoms with Gasteiger partial charge in [0, 0.05) is 5.41 Å². The van der Waals surface area contributed by atoms with E-state index in [-0.39, 0.29) is 17.2 Å². The van der Waals surface area contributed by atoms with Crippen LogP contribution in [0, 0.1) is 18.2 Å². The van der Waals surface area contributed by atoms with Crippen molar-refractivity contribution in [3.63, 3.8) is 0 Å². The molecule has 1 aromatic carbocycles. The van der Waals surface area contributed by atoms with Crippen molar-refractivity contribution < 1.29 is 13.6 Å². The molecule has 3 heterocycles. The summed E-state index contributed by atoms with van der Waals surface area (Å²) < 4.78 is 18.6. The molecule has 124 valence electrons. The second kappa shape index (κ2) is 5.86. The predicted molar refractivity (Wildman–Crippen MR) is 95.4 cm³/mol. The van der Waals surface area contributed by atoms with Gasteiger partial charge in [-0.05, 0) is 55.0 Å². The second-order valence-corrected chi connectivity index (χ2v) is 6.35. The van der Waals surface area contributed by atoms with E-state index < -0.39 is 5.91 Å². The van der Waals surface area contributed by atoms with Crippen LogP contribution in [-0.4, -0.2) is 21.8 Å². The standard InChI is InChI=1S/C18H12FN3O2S/c1-10-2-7-13(24-10)8-14-16(20)22-15(9-25-18(22)21-17(14)23)11-3-5-12(19)6-4-11/h2-9,20H,1H3/b14-8-,20-16?. The van der Waals surface area contributed by atoms with Crippen LogP contribution < -0.4 is 0 Å². The van der Waals surface area contributed by atoms with Crippen molar-refractivity contribution in [1.29, 1.82) is 5.41 Å². The Bertz CT molecular complexity index is 986. The Morgan fingerprint density at radius 2 is 2.00 bits per heavy atom. The van der Waals surface area contributed by atoms with Crippen molar-refractivity contribution in [3.05, 3.63) is 70.3 Å². The van der Waals surface area contributed by atoms with E-state index in [4.69, 9.17) is 9.83 Å². The molecular weight excluding hydrogens is 341 g/mol. The van der Waals surface area contributed by atoms with Crippen LogP contribution in [-0.2, 0) is 4.79 Å². The zero-order valence-electron chi connectivity index (χ0n) is 13.1. The van der Waals surface area contributed by atoms with Crippen LogP contribution in [0.1, 0.15) is 17.1 Å². The summed E-state index contributed by atoms with van der Waals surface area (Å²) in [7, 11) is 0. The fraction of sp³-hybridized carbons (Fsp3) is 0.0556. The number of rotatable bonds is 2. The minimum atomic E-state index is -0.480. The molecule has 0 bridgehead atoms. The number of furan rings is 1. The number of hydrogen-bond acceptors (Lipinski definition) is 4. The van der Waals surface area contributed by atoms with E-state index in [1.807, 2.05) is 0 Å². The second-order valence-electron chi connectivity index (χ2n) is 5.52. The number of benzene rings is 1. The molecule has 1 N–H and O–H groups in total. The third-order valence-electron chi connectivity index (χ3n) is 3.80. The molecule has 0 saturated carbocycles. The van der Waals surface area contributed by atoms with Gasteiger partial charge in [-0.1, -0.05) is 11.8 Å². The van der Waals surface area contributed by atoms with Gasteiger partial charge in [-0.2, -0.15) is 4.99 Å². The molecule has 0 saturated heterocycles. The molecule has 2 aliphatic rings. The number of hydrogen-bond donors (Lipinski definition) is 1. The lowest BCUT2D eigenvalue weighted by molar-refractivity contribution is -0.114. The van der Waals surface area contributed by atoms with Gasteiger partial charge in [-0.25, -0.2) is 4.39 Å². The van der Waals surface area contributed by atoms with E-state index in [0.29, 0.717) is 16.6 Å². The van der Waals surface area contributed by atoms with E-state index in [1.165, 1.54) is 30.0 Å². The molecule has 4 rings (SSSR count). The highest BCUT2D eigenvalue weighted by Crippen LogP contribution is 2.37. The summed E-state index contributed by atoms with van der Waals surface area (Å²) in [5, 5.41) is 10.7. The predicted octanol–water partition coefficient (Wildman–Crippen LogP) is 4.03. The van der Waals surface area contributed by atoms with Gasteiger partial charge in [0.2, 0.25) is 0 Å². The van der Waals surface area contributed by atoms with E-state index in [9.17, 15) is 9.18 Å². The van der Waals surface area contributed by atoms with Crippen molar-refractivity contribution in [3.8, 4) is 0 Å². The molecule has 1 amide bonds. The van der Waals surface area contributed by atoms with Gasteiger partial charge in [0.1, 0.15) is 23.2 Å². The van der Waals surface area contributed by atoms with Crippen LogP contribution in [0.5, 0.6) is 0 Å². The summed E-state index contributed by atoms with van der Waals surface area (Å²) in [6, 6.07) is 9.50. The topological polar surface area (TPSA) is 69.7 Å². The first kappa shape index (κ1) is 15.6. The third kappa shape index (κ3) is 2.72. The van der Waals surface area contributed by atoms with Crippen LogP contribution in [0.4, 0.5) is 4.39 Å². The fourth-order valence-corrected chi connectivity index (χ4v) is 3.49. The summed E-state index contributed by atoms with van der Waals surface area (Å²) in [6.07, 6.45) is 1.52. The number of amides is 1. The maximum Gasteiger partial charge on any atom is 0.283 e.